The van der Waals surface area contributed by atoms with E-state index in [0.29, 0.717) is 5.78 Å². The van der Waals surface area contributed by atoms with Crippen LogP contribution in [0.15, 0.2) is 11.1 Å². The number of Topliss-reactive ketones (excluding diaryl/α,β-unsaturated/α-hetero) is 1. The Morgan fingerprint density at radius 2 is 1.95 bits per heavy atom. The SMILES string of the molecule is CC12CCC3C4=C(CCC3C1CCC2O)CC(=O)CC4. The van der Waals surface area contributed by atoms with E-state index >= 15 is 0 Å². The van der Waals surface area contributed by atoms with Gasteiger partial charge in [-0.05, 0) is 68.1 Å². The highest BCUT2D eigenvalue weighted by Gasteiger charge is 2.54. The first-order valence-corrected chi connectivity index (χ1v) is 8.50. The third-order valence-electron chi connectivity index (χ3n) is 7.15. The lowest BCUT2D eigenvalue weighted by molar-refractivity contribution is -0.119. The molecule has 2 saturated carbocycles. The lowest BCUT2D eigenvalue weighted by atomic mass is 9.54. The quantitative estimate of drug-likeness (QED) is 0.685. The summed E-state index contributed by atoms with van der Waals surface area (Å²) in [6, 6.07) is 0. The van der Waals surface area contributed by atoms with Crippen LogP contribution in [0.3, 0.4) is 0 Å². The number of hydrogen-bond donors (Lipinski definition) is 1. The summed E-state index contributed by atoms with van der Waals surface area (Å²) in [5.74, 6) is 2.72. The zero-order chi connectivity index (χ0) is 13.9. The maximum absolute atomic E-state index is 11.7. The van der Waals surface area contributed by atoms with Crippen LogP contribution in [0, 0.1) is 23.2 Å². The maximum atomic E-state index is 11.7. The second-order valence-electron chi connectivity index (χ2n) is 7.90. The number of rotatable bonds is 0. The molecule has 0 aromatic carbocycles. The number of carbonyl (C=O) groups is 1. The van der Waals surface area contributed by atoms with Gasteiger partial charge >= 0.3 is 0 Å². The molecule has 0 heterocycles. The van der Waals surface area contributed by atoms with Gasteiger partial charge in [0.05, 0.1) is 6.10 Å². The second-order valence-corrected chi connectivity index (χ2v) is 7.90. The predicted molar refractivity (Wildman–Crippen MR) is 78.2 cm³/mol. The molecule has 2 fully saturated rings. The lowest BCUT2D eigenvalue weighted by Gasteiger charge is -2.51. The van der Waals surface area contributed by atoms with Crippen LogP contribution >= 0.6 is 0 Å². The topological polar surface area (TPSA) is 37.3 Å². The van der Waals surface area contributed by atoms with Gasteiger partial charge in [-0.1, -0.05) is 18.1 Å². The van der Waals surface area contributed by atoms with Crippen molar-refractivity contribution in [1.29, 1.82) is 0 Å². The molecule has 4 aliphatic carbocycles. The summed E-state index contributed by atoms with van der Waals surface area (Å²) in [7, 11) is 0. The van der Waals surface area contributed by atoms with Crippen molar-refractivity contribution in [3.63, 3.8) is 0 Å². The van der Waals surface area contributed by atoms with E-state index < -0.39 is 0 Å². The highest BCUT2D eigenvalue weighted by molar-refractivity contribution is 5.82. The molecule has 0 aromatic rings. The van der Waals surface area contributed by atoms with Crippen LogP contribution in [0.2, 0.25) is 0 Å². The molecule has 0 saturated heterocycles. The summed E-state index contributed by atoms with van der Waals surface area (Å²) >= 11 is 0. The fraction of sp³-hybridized carbons (Fsp3) is 0.833. The van der Waals surface area contributed by atoms with Gasteiger partial charge in [-0.15, -0.1) is 0 Å². The van der Waals surface area contributed by atoms with Crippen molar-refractivity contribution < 1.29 is 9.90 Å². The van der Waals surface area contributed by atoms with E-state index in [1.165, 1.54) is 31.3 Å². The highest BCUT2D eigenvalue weighted by Crippen LogP contribution is 2.60. The molecule has 2 heteroatoms. The Morgan fingerprint density at radius 3 is 2.80 bits per heavy atom. The molecule has 20 heavy (non-hydrogen) atoms. The van der Waals surface area contributed by atoms with Gasteiger partial charge in [-0.25, -0.2) is 0 Å². The minimum absolute atomic E-state index is 0.0724. The Bertz CT molecular complexity index is 478. The van der Waals surface area contributed by atoms with Gasteiger partial charge in [0.15, 0.2) is 0 Å². The van der Waals surface area contributed by atoms with E-state index in [4.69, 9.17) is 0 Å². The van der Waals surface area contributed by atoms with Crippen LogP contribution in [-0.4, -0.2) is 17.0 Å². The molecule has 5 unspecified atom stereocenters. The summed E-state index contributed by atoms with van der Waals surface area (Å²) < 4.78 is 0. The number of fused-ring (bicyclic) bond motifs is 4. The molecule has 4 rings (SSSR count). The van der Waals surface area contributed by atoms with Gasteiger partial charge in [0, 0.05) is 12.8 Å². The molecule has 0 radical (unpaired) electrons. The first-order chi connectivity index (χ1) is 9.59. The average Bonchev–Trinajstić information content (AvgIpc) is 2.74. The molecule has 0 aliphatic heterocycles. The summed E-state index contributed by atoms with van der Waals surface area (Å²) in [6.45, 7) is 2.33. The fourth-order valence-electron chi connectivity index (χ4n) is 6.02. The van der Waals surface area contributed by atoms with Crippen molar-refractivity contribution in [2.75, 3.05) is 0 Å². The van der Waals surface area contributed by atoms with Crippen LogP contribution in [0.4, 0.5) is 0 Å². The molecule has 4 aliphatic rings. The first-order valence-electron chi connectivity index (χ1n) is 8.50. The number of hydrogen-bond acceptors (Lipinski definition) is 2. The third-order valence-corrected chi connectivity index (χ3v) is 7.15. The van der Waals surface area contributed by atoms with Crippen molar-refractivity contribution in [3.8, 4) is 0 Å². The summed E-state index contributed by atoms with van der Waals surface area (Å²) in [6.07, 6.45) is 9.60. The predicted octanol–water partition coefficient (Wildman–Crippen LogP) is 3.63. The molecule has 2 nitrogen and oxygen atoms in total. The molecule has 5 atom stereocenters. The number of allylic oxidation sites excluding steroid dienone is 2. The van der Waals surface area contributed by atoms with Crippen molar-refractivity contribution in [1.82, 2.24) is 0 Å². The summed E-state index contributed by atoms with van der Waals surface area (Å²) in [5, 5.41) is 10.4. The summed E-state index contributed by atoms with van der Waals surface area (Å²) in [4.78, 5) is 11.7. The van der Waals surface area contributed by atoms with E-state index in [-0.39, 0.29) is 11.5 Å². The van der Waals surface area contributed by atoms with Crippen LogP contribution in [0.25, 0.3) is 0 Å². The summed E-state index contributed by atoms with van der Waals surface area (Å²) in [5.41, 5.74) is 3.36. The van der Waals surface area contributed by atoms with Gasteiger partial charge in [0.25, 0.3) is 0 Å². The normalized spacial score (nSPS) is 47.8. The minimum atomic E-state index is -0.0724. The van der Waals surface area contributed by atoms with Crippen LogP contribution in [0.5, 0.6) is 0 Å². The van der Waals surface area contributed by atoms with Gasteiger partial charge in [-0.3, -0.25) is 4.79 Å². The van der Waals surface area contributed by atoms with E-state index in [9.17, 15) is 9.90 Å². The first kappa shape index (κ1) is 13.1. The Labute approximate surface area is 121 Å². The van der Waals surface area contributed by atoms with E-state index in [1.54, 1.807) is 5.57 Å². The van der Waals surface area contributed by atoms with Crippen LogP contribution in [0.1, 0.15) is 64.7 Å². The molecule has 110 valence electrons. The van der Waals surface area contributed by atoms with Gasteiger partial charge in [0.1, 0.15) is 5.78 Å². The number of ketones is 1. The molecule has 0 amide bonds. The zero-order valence-electron chi connectivity index (χ0n) is 12.5. The van der Waals surface area contributed by atoms with Gasteiger partial charge in [-0.2, -0.15) is 0 Å². The van der Waals surface area contributed by atoms with Crippen molar-refractivity contribution >= 4 is 5.78 Å². The Balaban J connectivity index is 1.65. The van der Waals surface area contributed by atoms with Crippen LogP contribution < -0.4 is 0 Å². The Morgan fingerprint density at radius 1 is 1.10 bits per heavy atom. The number of aliphatic hydroxyl groups excluding tert-OH is 1. The molecule has 0 aromatic heterocycles. The van der Waals surface area contributed by atoms with Gasteiger partial charge in [0.2, 0.25) is 0 Å². The van der Waals surface area contributed by atoms with E-state index in [0.717, 1.165) is 49.9 Å². The lowest BCUT2D eigenvalue weighted by Crippen LogP contribution is -2.45. The maximum Gasteiger partial charge on any atom is 0.137 e. The monoisotopic (exact) mass is 274 g/mol. The van der Waals surface area contributed by atoms with E-state index in [2.05, 4.69) is 6.92 Å². The van der Waals surface area contributed by atoms with Crippen molar-refractivity contribution in [2.24, 2.45) is 23.2 Å². The van der Waals surface area contributed by atoms with E-state index in [1.807, 2.05) is 0 Å². The molecule has 0 spiro atoms. The molecule has 0 bridgehead atoms. The third kappa shape index (κ3) is 1.70. The molecular weight excluding hydrogens is 248 g/mol. The molecule has 1 N–H and O–H groups in total. The number of aliphatic hydroxyl groups is 1. The smallest absolute Gasteiger partial charge is 0.137 e. The Kier molecular flexibility index (Phi) is 2.89. The zero-order valence-corrected chi connectivity index (χ0v) is 12.5. The van der Waals surface area contributed by atoms with Crippen molar-refractivity contribution in [3.05, 3.63) is 11.1 Å². The second kappa shape index (κ2) is 4.43. The Hall–Kier alpha value is -0.630. The fourth-order valence-corrected chi connectivity index (χ4v) is 6.02. The van der Waals surface area contributed by atoms with Crippen molar-refractivity contribution in [2.45, 2.75) is 70.8 Å². The number of carbonyl (C=O) groups excluding carboxylic acids is 1. The largest absolute Gasteiger partial charge is 0.393 e. The van der Waals surface area contributed by atoms with Gasteiger partial charge < -0.3 is 5.11 Å². The average molecular weight is 274 g/mol. The molecular formula is C18H26O2. The standard InChI is InChI=1S/C18H26O2/c1-18-9-8-14-13-5-3-12(19)10-11(13)2-4-15(14)16(18)6-7-17(18)20/h14-17,20H,2-10H2,1H3. The minimum Gasteiger partial charge on any atom is -0.393 e. The highest BCUT2D eigenvalue weighted by atomic mass is 16.3. The van der Waals surface area contributed by atoms with Crippen LogP contribution in [-0.2, 0) is 4.79 Å².